The molecule has 2 aromatic rings. The molecule has 0 saturated heterocycles. The molecule has 0 heterocycles. The van der Waals surface area contributed by atoms with E-state index in [9.17, 15) is 19.2 Å². The lowest BCUT2D eigenvalue weighted by atomic mass is 9.82. The fourth-order valence-electron chi connectivity index (χ4n) is 4.26. The van der Waals surface area contributed by atoms with Gasteiger partial charge >= 0.3 is 0 Å². The molecule has 0 spiro atoms. The molecule has 4 amide bonds. The van der Waals surface area contributed by atoms with Crippen LogP contribution in [0.25, 0.3) is 0 Å². The molecule has 8 heteroatoms. The molecule has 0 radical (unpaired) electrons. The Morgan fingerprint density at radius 1 is 0.581 bits per heavy atom. The van der Waals surface area contributed by atoms with E-state index in [4.69, 9.17) is 0 Å². The zero-order valence-electron chi connectivity index (χ0n) is 16.6. The summed E-state index contributed by atoms with van der Waals surface area (Å²) in [4.78, 5) is 50.0. The van der Waals surface area contributed by atoms with Crippen LogP contribution in [0, 0.1) is 23.7 Å². The average Bonchev–Trinajstić information content (AvgIpc) is 3.43. The Morgan fingerprint density at radius 3 is 1.35 bits per heavy atom. The first-order valence-electron chi connectivity index (χ1n) is 10.0. The van der Waals surface area contributed by atoms with E-state index in [1.54, 1.807) is 60.7 Å². The van der Waals surface area contributed by atoms with Gasteiger partial charge in [-0.15, -0.1) is 0 Å². The van der Waals surface area contributed by atoms with Gasteiger partial charge in [0.2, 0.25) is 11.8 Å². The summed E-state index contributed by atoms with van der Waals surface area (Å²) in [6.45, 7) is 0. The Labute approximate surface area is 179 Å². The van der Waals surface area contributed by atoms with Crippen molar-refractivity contribution in [3.05, 3.63) is 83.9 Å². The lowest BCUT2D eigenvalue weighted by Crippen LogP contribution is -2.52. The first kappa shape index (κ1) is 20.3. The molecular weight excluding hydrogens is 396 g/mol. The number of allylic oxidation sites excluding steroid dienone is 2. The van der Waals surface area contributed by atoms with Crippen molar-refractivity contribution in [1.29, 1.82) is 0 Å². The second-order valence-electron chi connectivity index (χ2n) is 7.62. The van der Waals surface area contributed by atoms with E-state index in [2.05, 4.69) is 21.7 Å². The molecule has 0 aliphatic heterocycles. The molecule has 8 nitrogen and oxygen atoms in total. The molecule has 2 aliphatic rings. The van der Waals surface area contributed by atoms with Crippen LogP contribution in [0.5, 0.6) is 0 Å². The third-order valence-corrected chi connectivity index (χ3v) is 5.74. The van der Waals surface area contributed by atoms with Gasteiger partial charge in [0.05, 0.1) is 11.8 Å². The van der Waals surface area contributed by atoms with Gasteiger partial charge in [0.15, 0.2) is 0 Å². The SMILES string of the molecule is O=C(NNC(=O)[C@@H]1[C@H](C(=O)NNC(=O)c2ccccc2)[C@@H]2C=C[C@H]1C2)c1ccccc1. The lowest BCUT2D eigenvalue weighted by molar-refractivity contribution is -0.136. The van der Waals surface area contributed by atoms with Crippen LogP contribution in [0.2, 0.25) is 0 Å². The van der Waals surface area contributed by atoms with Gasteiger partial charge < -0.3 is 0 Å². The minimum Gasteiger partial charge on any atom is -0.273 e. The number of hydrogen-bond acceptors (Lipinski definition) is 4. The lowest BCUT2D eigenvalue weighted by Gasteiger charge is -2.26. The topological polar surface area (TPSA) is 116 Å². The fourth-order valence-corrected chi connectivity index (χ4v) is 4.26. The molecule has 1 fully saturated rings. The molecule has 158 valence electrons. The number of fused-ring (bicyclic) bond motifs is 2. The van der Waals surface area contributed by atoms with Crippen LogP contribution in [-0.4, -0.2) is 23.6 Å². The van der Waals surface area contributed by atoms with E-state index < -0.39 is 35.5 Å². The van der Waals surface area contributed by atoms with Crippen molar-refractivity contribution in [2.45, 2.75) is 6.42 Å². The molecule has 4 atom stereocenters. The predicted molar refractivity (Wildman–Crippen MR) is 112 cm³/mol. The normalized spacial score (nSPS) is 23.1. The zero-order chi connectivity index (χ0) is 21.8. The molecular formula is C23H22N4O4. The Bertz CT molecular complexity index is 941. The van der Waals surface area contributed by atoms with Gasteiger partial charge in [-0.25, -0.2) is 0 Å². The fraction of sp³-hybridized carbons (Fsp3) is 0.217. The van der Waals surface area contributed by atoms with Crippen LogP contribution >= 0.6 is 0 Å². The Hall–Kier alpha value is -3.94. The van der Waals surface area contributed by atoms with Gasteiger partial charge in [-0.2, -0.15) is 0 Å². The van der Waals surface area contributed by atoms with Crippen molar-refractivity contribution in [3.63, 3.8) is 0 Å². The Kier molecular flexibility index (Phi) is 5.79. The summed E-state index contributed by atoms with van der Waals surface area (Å²) in [6.07, 6.45) is 4.54. The van der Waals surface area contributed by atoms with Crippen molar-refractivity contribution < 1.29 is 19.2 Å². The summed E-state index contributed by atoms with van der Waals surface area (Å²) in [5.41, 5.74) is 10.5. The summed E-state index contributed by atoms with van der Waals surface area (Å²) in [6, 6.07) is 17.0. The highest BCUT2D eigenvalue weighted by Gasteiger charge is 2.51. The molecule has 0 unspecified atom stereocenters. The molecule has 31 heavy (non-hydrogen) atoms. The molecule has 2 aliphatic carbocycles. The third-order valence-electron chi connectivity index (χ3n) is 5.74. The first-order chi connectivity index (χ1) is 15.0. The summed E-state index contributed by atoms with van der Waals surface area (Å²) >= 11 is 0. The monoisotopic (exact) mass is 418 g/mol. The maximum Gasteiger partial charge on any atom is 0.269 e. The zero-order valence-corrected chi connectivity index (χ0v) is 16.6. The minimum absolute atomic E-state index is 0.0980. The maximum atomic E-state index is 12.8. The number of hydrogen-bond donors (Lipinski definition) is 4. The van der Waals surface area contributed by atoms with Crippen molar-refractivity contribution in [1.82, 2.24) is 21.7 Å². The quantitative estimate of drug-likeness (QED) is 0.443. The number of carbonyl (C=O) groups is 4. The van der Waals surface area contributed by atoms with Crippen LogP contribution in [0.1, 0.15) is 27.1 Å². The van der Waals surface area contributed by atoms with Crippen LogP contribution in [0.4, 0.5) is 0 Å². The van der Waals surface area contributed by atoms with Gasteiger partial charge in [-0.1, -0.05) is 48.6 Å². The van der Waals surface area contributed by atoms with E-state index in [1.807, 2.05) is 12.2 Å². The summed E-state index contributed by atoms with van der Waals surface area (Å²) in [7, 11) is 0. The number of carbonyl (C=O) groups excluding carboxylic acids is 4. The molecule has 2 bridgehead atoms. The van der Waals surface area contributed by atoms with Crippen molar-refractivity contribution in [2.75, 3.05) is 0 Å². The van der Waals surface area contributed by atoms with Crippen molar-refractivity contribution >= 4 is 23.6 Å². The molecule has 1 saturated carbocycles. The van der Waals surface area contributed by atoms with E-state index in [0.29, 0.717) is 17.5 Å². The number of hydrazine groups is 2. The Morgan fingerprint density at radius 2 is 0.968 bits per heavy atom. The molecule has 0 aromatic heterocycles. The highest BCUT2D eigenvalue weighted by molar-refractivity contribution is 5.98. The van der Waals surface area contributed by atoms with Crippen LogP contribution in [0.15, 0.2) is 72.8 Å². The second-order valence-corrected chi connectivity index (χ2v) is 7.62. The number of amides is 4. The van der Waals surface area contributed by atoms with Crippen LogP contribution in [-0.2, 0) is 9.59 Å². The van der Waals surface area contributed by atoms with Gasteiger partial charge in [-0.3, -0.25) is 40.9 Å². The van der Waals surface area contributed by atoms with Crippen LogP contribution in [0.3, 0.4) is 0 Å². The van der Waals surface area contributed by atoms with Crippen molar-refractivity contribution in [3.8, 4) is 0 Å². The minimum atomic E-state index is -0.639. The number of nitrogens with one attached hydrogen (secondary N) is 4. The van der Waals surface area contributed by atoms with Gasteiger partial charge in [-0.05, 0) is 42.5 Å². The number of benzene rings is 2. The van der Waals surface area contributed by atoms with E-state index in [1.165, 1.54) is 0 Å². The van der Waals surface area contributed by atoms with Gasteiger partial charge in [0.25, 0.3) is 11.8 Å². The predicted octanol–water partition coefficient (Wildman–Crippen LogP) is 1.35. The summed E-state index contributed by atoms with van der Waals surface area (Å²) < 4.78 is 0. The molecule has 2 aromatic carbocycles. The highest BCUT2D eigenvalue weighted by Crippen LogP contribution is 2.48. The van der Waals surface area contributed by atoms with Gasteiger partial charge in [0, 0.05) is 11.1 Å². The second kappa shape index (κ2) is 8.83. The molecule has 4 N–H and O–H groups in total. The largest absolute Gasteiger partial charge is 0.273 e. The maximum absolute atomic E-state index is 12.8. The van der Waals surface area contributed by atoms with E-state index in [0.717, 1.165) is 0 Å². The first-order valence-corrected chi connectivity index (χ1v) is 10.0. The summed E-state index contributed by atoms with van der Waals surface area (Å²) in [5.74, 6) is -3.23. The standard InChI is InChI=1S/C23H22N4O4/c28-20(14-7-3-1-4-8-14)24-26-22(30)18-16-11-12-17(13-16)19(18)23(31)27-25-21(29)15-9-5-2-6-10-15/h1-12,16-19H,13H2,(H,24,28)(H,25,29)(H,26,30)(H,27,31)/t16-,17+,18-,19+. The molecule has 4 rings (SSSR count). The highest BCUT2D eigenvalue weighted by atomic mass is 16.2. The van der Waals surface area contributed by atoms with E-state index >= 15 is 0 Å². The summed E-state index contributed by atoms with van der Waals surface area (Å²) in [5, 5.41) is 0. The average molecular weight is 418 g/mol. The van der Waals surface area contributed by atoms with Crippen LogP contribution < -0.4 is 21.7 Å². The number of rotatable bonds is 4. The van der Waals surface area contributed by atoms with Crippen molar-refractivity contribution in [2.24, 2.45) is 23.7 Å². The smallest absolute Gasteiger partial charge is 0.269 e. The Balaban J connectivity index is 1.37. The van der Waals surface area contributed by atoms with E-state index in [-0.39, 0.29) is 11.8 Å². The van der Waals surface area contributed by atoms with Gasteiger partial charge in [0.1, 0.15) is 0 Å². The third kappa shape index (κ3) is 4.32.